The van der Waals surface area contributed by atoms with Gasteiger partial charge in [0.05, 0.1) is 12.5 Å². The molecule has 0 aromatic rings. The van der Waals surface area contributed by atoms with Crippen LogP contribution in [0, 0.1) is 11.3 Å². The summed E-state index contributed by atoms with van der Waals surface area (Å²) in [7, 11) is 0. The zero-order chi connectivity index (χ0) is 9.45. The number of nitriles is 1. The molecular formula is C10H20N2. The highest BCUT2D eigenvalue weighted by atomic mass is 15.0. The molecule has 0 saturated heterocycles. The second-order valence-corrected chi connectivity index (χ2v) is 3.00. The van der Waals surface area contributed by atoms with Gasteiger partial charge in [-0.2, -0.15) is 5.26 Å². The van der Waals surface area contributed by atoms with Crippen molar-refractivity contribution in [2.45, 2.75) is 52.0 Å². The molecule has 1 saturated carbocycles. The monoisotopic (exact) mass is 168 g/mol. The molecule has 2 nitrogen and oxygen atoms in total. The van der Waals surface area contributed by atoms with Gasteiger partial charge in [0, 0.05) is 5.54 Å². The van der Waals surface area contributed by atoms with E-state index in [0.29, 0.717) is 6.42 Å². The number of nitrogens with one attached hydrogen (secondary N) is 1. The molecule has 12 heavy (non-hydrogen) atoms. The Morgan fingerprint density at radius 1 is 1.42 bits per heavy atom. The third kappa shape index (κ3) is 2.83. The van der Waals surface area contributed by atoms with Gasteiger partial charge in [-0.25, -0.2) is 0 Å². The van der Waals surface area contributed by atoms with Crippen LogP contribution in [0.25, 0.3) is 0 Å². The van der Waals surface area contributed by atoms with Crippen molar-refractivity contribution in [2.24, 2.45) is 0 Å². The molecule has 0 aromatic heterocycles. The molecule has 0 amide bonds. The summed E-state index contributed by atoms with van der Waals surface area (Å²) >= 11 is 0. The van der Waals surface area contributed by atoms with Crippen LogP contribution >= 0.6 is 0 Å². The van der Waals surface area contributed by atoms with Crippen molar-refractivity contribution in [3.05, 3.63) is 0 Å². The molecule has 0 spiro atoms. The molecule has 70 valence electrons. The van der Waals surface area contributed by atoms with E-state index < -0.39 is 0 Å². The molecule has 1 N–H and O–H groups in total. The number of hydrogen-bond acceptors (Lipinski definition) is 2. The van der Waals surface area contributed by atoms with E-state index in [0.717, 1.165) is 6.54 Å². The minimum atomic E-state index is 0.212. The summed E-state index contributed by atoms with van der Waals surface area (Å²) in [4.78, 5) is 0. The zero-order valence-corrected chi connectivity index (χ0v) is 8.48. The predicted octanol–water partition coefficient (Wildman–Crippen LogP) is 2.46. The molecule has 0 aromatic carbocycles. The minimum Gasteiger partial charge on any atom is -0.310 e. The first-order valence-corrected chi connectivity index (χ1v) is 4.95. The highest BCUT2D eigenvalue weighted by molar-refractivity contribution is 5.01. The zero-order valence-electron chi connectivity index (χ0n) is 8.48. The van der Waals surface area contributed by atoms with E-state index in [4.69, 9.17) is 5.26 Å². The van der Waals surface area contributed by atoms with Crippen LogP contribution in [0.2, 0.25) is 0 Å². The first-order valence-electron chi connectivity index (χ1n) is 4.95. The Bertz CT molecular complexity index is 142. The van der Waals surface area contributed by atoms with E-state index in [2.05, 4.69) is 18.3 Å². The van der Waals surface area contributed by atoms with E-state index in [1.165, 1.54) is 19.3 Å². The maximum atomic E-state index is 8.50. The lowest BCUT2D eigenvalue weighted by Crippen LogP contribution is -2.50. The predicted molar refractivity (Wildman–Crippen MR) is 51.8 cm³/mol. The fraction of sp³-hybridized carbons (Fsp3) is 0.900. The highest BCUT2D eigenvalue weighted by Gasteiger charge is 2.35. The van der Waals surface area contributed by atoms with Gasteiger partial charge in [0.1, 0.15) is 0 Å². The van der Waals surface area contributed by atoms with Gasteiger partial charge < -0.3 is 5.32 Å². The lowest BCUT2D eigenvalue weighted by Gasteiger charge is -2.40. The van der Waals surface area contributed by atoms with Crippen molar-refractivity contribution in [1.29, 1.82) is 5.26 Å². The average molecular weight is 168 g/mol. The Balaban J connectivity index is 0.000000561. The Morgan fingerprint density at radius 2 is 2.00 bits per heavy atom. The first kappa shape index (κ1) is 11.4. The van der Waals surface area contributed by atoms with Crippen LogP contribution in [0.3, 0.4) is 0 Å². The Morgan fingerprint density at radius 3 is 2.25 bits per heavy atom. The summed E-state index contributed by atoms with van der Waals surface area (Å²) < 4.78 is 0. The number of hydrogen-bond donors (Lipinski definition) is 1. The first-order chi connectivity index (χ1) is 5.83. The Hall–Kier alpha value is -0.550. The van der Waals surface area contributed by atoms with Crippen LogP contribution in [0.5, 0.6) is 0 Å². The molecule has 0 aliphatic heterocycles. The lowest BCUT2D eigenvalue weighted by molar-refractivity contribution is 0.193. The highest BCUT2D eigenvalue weighted by Crippen LogP contribution is 2.34. The Kier molecular flexibility index (Phi) is 5.74. The second kappa shape index (κ2) is 6.02. The molecule has 0 bridgehead atoms. The molecule has 1 fully saturated rings. The largest absolute Gasteiger partial charge is 0.310 e. The molecular weight excluding hydrogens is 148 g/mol. The fourth-order valence-electron chi connectivity index (χ4n) is 1.55. The smallest absolute Gasteiger partial charge is 0.0641 e. The van der Waals surface area contributed by atoms with Crippen LogP contribution in [0.1, 0.15) is 46.5 Å². The van der Waals surface area contributed by atoms with E-state index in [-0.39, 0.29) is 5.54 Å². The average Bonchev–Trinajstić information content (AvgIpc) is 2.05. The van der Waals surface area contributed by atoms with Gasteiger partial charge in [-0.1, -0.05) is 20.8 Å². The van der Waals surface area contributed by atoms with Crippen LogP contribution < -0.4 is 5.32 Å². The van der Waals surface area contributed by atoms with Crippen molar-refractivity contribution in [3.63, 3.8) is 0 Å². The van der Waals surface area contributed by atoms with Crippen molar-refractivity contribution in [1.82, 2.24) is 5.32 Å². The molecule has 0 radical (unpaired) electrons. The third-order valence-corrected chi connectivity index (χ3v) is 2.28. The van der Waals surface area contributed by atoms with E-state index >= 15 is 0 Å². The minimum absolute atomic E-state index is 0.212. The molecule has 1 rings (SSSR count). The topological polar surface area (TPSA) is 35.8 Å². The summed E-state index contributed by atoms with van der Waals surface area (Å²) in [6, 6.07) is 2.23. The van der Waals surface area contributed by atoms with Crippen LogP contribution in [0.15, 0.2) is 0 Å². The lowest BCUT2D eigenvalue weighted by atomic mass is 9.75. The van der Waals surface area contributed by atoms with Gasteiger partial charge in [-0.15, -0.1) is 0 Å². The second-order valence-electron chi connectivity index (χ2n) is 3.00. The fourth-order valence-corrected chi connectivity index (χ4v) is 1.55. The SMILES string of the molecule is CC.CCNC1(CC#N)CCC1. The quantitative estimate of drug-likeness (QED) is 0.702. The molecule has 0 unspecified atom stereocenters. The van der Waals surface area contributed by atoms with Gasteiger partial charge in [0.15, 0.2) is 0 Å². The van der Waals surface area contributed by atoms with Gasteiger partial charge >= 0.3 is 0 Å². The van der Waals surface area contributed by atoms with E-state index in [1.54, 1.807) is 0 Å². The van der Waals surface area contributed by atoms with Gasteiger partial charge in [0.25, 0.3) is 0 Å². The van der Waals surface area contributed by atoms with Crippen molar-refractivity contribution < 1.29 is 0 Å². The maximum Gasteiger partial charge on any atom is 0.0641 e. The van der Waals surface area contributed by atoms with Gasteiger partial charge in [-0.3, -0.25) is 0 Å². The summed E-state index contributed by atoms with van der Waals surface area (Å²) in [5, 5.41) is 11.9. The molecule has 2 heteroatoms. The van der Waals surface area contributed by atoms with E-state index in [1.807, 2.05) is 13.8 Å². The van der Waals surface area contributed by atoms with Gasteiger partial charge in [-0.05, 0) is 25.8 Å². The third-order valence-electron chi connectivity index (χ3n) is 2.28. The summed E-state index contributed by atoms with van der Waals surface area (Å²) in [5.41, 5.74) is 0.212. The van der Waals surface area contributed by atoms with Gasteiger partial charge in [0.2, 0.25) is 0 Å². The standard InChI is InChI=1S/C8H14N2.C2H6/c1-2-10-8(6-7-9)4-3-5-8;1-2/h10H,2-6H2,1H3;1-2H3. The van der Waals surface area contributed by atoms with Crippen molar-refractivity contribution in [3.8, 4) is 6.07 Å². The summed E-state index contributed by atoms with van der Waals surface area (Å²) in [5.74, 6) is 0. The van der Waals surface area contributed by atoms with Crippen molar-refractivity contribution >= 4 is 0 Å². The van der Waals surface area contributed by atoms with Crippen LogP contribution in [0.4, 0.5) is 0 Å². The maximum absolute atomic E-state index is 8.50. The van der Waals surface area contributed by atoms with Crippen LogP contribution in [-0.4, -0.2) is 12.1 Å². The Labute approximate surface area is 76.0 Å². The van der Waals surface area contributed by atoms with Crippen molar-refractivity contribution in [2.75, 3.05) is 6.54 Å². The molecule has 1 aliphatic carbocycles. The summed E-state index contributed by atoms with van der Waals surface area (Å²) in [6.45, 7) is 7.08. The molecule has 0 atom stereocenters. The van der Waals surface area contributed by atoms with E-state index in [9.17, 15) is 0 Å². The van der Waals surface area contributed by atoms with Crippen LogP contribution in [-0.2, 0) is 0 Å². The summed E-state index contributed by atoms with van der Waals surface area (Å²) in [6.07, 6.45) is 4.35. The normalized spacial score (nSPS) is 18.2. The molecule has 0 heterocycles. The number of nitrogens with zero attached hydrogens (tertiary/aromatic N) is 1. The number of rotatable bonds is 3. The molecule has 1 aliphatic rings.